The summed E-state index contributed by atoms with van der Waals surface area (Å²) in [6, 6.07) is 23.7. The Labute approximate surface area is 172 Å². The van der Waals surface area contributed by atoms with E-state index < -0.39 is 12.0 Å². The molecule has 0 N–H and O–H groups in total. The molecule has 0 unspecified atom stereocenters. The van der Waals surface area contributed by atoms with Gasteiger partial charge in [-0.1, -0.05) is 72.8 Å². The third-order valence-electron chi connectivity index (χ3n) is 4.15. The van der Waals surface area contributed by atoms with Gasteiger partial charge in [-0.3, -0.25) is 4.79 Å². The van der Waals surface area contributed by atoms with Crippen LogP contribution in [-0.4, -0.2) is 12.0 Å². The minimum absolute atomic E-state index is 0.261. The number of hydrogen-bond donors (Lipinski definition) is 0. The van der Waals surface area contributed by atoms with Gasteiger partial charge in [-0.05, 0) is 34.9 Å². The van der Waals surface area contributed by atoms with E-state index in [1.54, 1.807) is 18.2 Å². The first-order valence-electron chi connectivity index (χ1n) is 9.18. The van der Waals surface area contributed by atoms with Crippen molar-refractivity contribution >= 4 is 11.9 Å². The molecule has 6 heteroatoms. The van der Waals surface area contributed by atoms with Crippen LogP contribution in [0.1, 0.15) is 16.7 Å². The summed E-state index contributed by atoms with van der Waals surface area (Å²) in [4.78, 5) is 11.1. The molecule has 0 bridgehead atoms. The zero-order valence-corrected chi connectivity index (χ0v) is 15.9. The van der Waals surface area contributed by atoms with Crippen LogP contribution >= 0.6 is 0 Å². The van der Waals surface area contributed by atoms with Crippen LogP contribution in [0.25, 0.3) is 6.08 Å². The summed E-state index contributed by atoms with van der Waals surface area (Å²) in [7, 11) is 0. The molecule has 0 aliphatic heterocycles. The van der Waals surface area contributed by atoms with Crippen LogP contribution in [0.3, 0.4) is 0 Å². The van der Waals surface area contributed by atoms with E-state index in [-0.39, 0.29) is 6.61 Å². The highest BCUT2D eigenvalue weighted by molar-refractivity contribution is 5.97. The molecule has 0 spiro atoms. The summed E-state index contributed by atoms with van der Waals surface area (Å²) >= 11 is 0. The van der Waals surface area contributed by atoms with Gasteiger partial charge >= 0.3 is 6.18 Å². The first-order chi connectivity index (χ1) is 14.4. The number of carbonyl (C=O) groups is 1. The van der Waals surface area contributed by atoms with Gasteiger partial charge in [0.05, 0.1) is 0 Å². The number of benzene rings is 3. The molecule has 0 atom stereocenters. The highest BCUT2D eigenvalue weighted by Crippen LogP contribution is 2.31. The maximum absolute atomic E-state index is 12.4. The van der Waals surface area contributed by atoms with Crippen molar-refractivity contribution in [1.82, 2.24) is 0 Å². The molecule has 0 aliphatic carbocycles. The van der Waals surface area contributed by atoms with Crippen molar-refractivity contribution in [3.05, 3.63) is 102 Å². The number of halogens is 3. The van der Waals surface area contributed by atoms with Crippen LogP contribution in [0.15, 0.2) is 84.9 Å². The Morgan fingerprint density at radius 2 is 1.30 bits per heavy atom. The third kappa shape index (κ3) is 6.24. The molecular formula is C24H19F3O3. The summed E-state index contributed by atoms with van der Waals surface area (Å²) in [5, 5.41) is 0. The van der Waals surface area contributed by atoms with Gasteiger partial charge in [0, 0.05) is 0 Å². The van der Waals surface area contributed by atoms with Crippen LogP contribution in [0, 0.1) is 0 Å². The minimum Gasteiger partial charge on any atom is -0.485 e. The fourth-order valence-electron chi connectivity index (χ4n) is 2.60. The molecule has 0 aromatic heterocycles. The van der Waals surface area contributed by atoms with Crippen molar-refractivity contribution < 1.29 is 27.4 Å². The lowest BCUT2D eigenvalue weighted by atomic mass is 10.1. The number of carbonyl (C=O) groups excluding carboxylic acids is 1. The van der Waals surface area contributed by atoms with E-state index in [9.17, 15) is 18.0 Å². The monoisotopic (exact) mass is 412 g/mol. The molecule has 3 nitrogen and oxygen atoms in total. The Bertz CT molecular complexity index is 997. The predicted molar refractivity (Wildman–Crippen MR) is 108 cm³/mol. The first-order valence-corrected chi connectivity index (χ1v) is 9.18. The quantitative estimate of drug-likeness (QED) is 0.427. The largest absolute Gasteiger partial charge is 0.485 e. The zero-order chi connectivity index (χ0) is 21.4. The first kappa shape index (κ1) is 21.2. The number of allylic oxidation sites excluding steroid dienone is 1. The van der Waals surface area contributed by atoms with Crippen molar-refractivity contribution in [2.75, 3.05) is 0 Å². The molecule has 0 heterocycles. The molecule has 0 saturated heterocycles. The second kappa shape index (κ2) is 9.78. The Morgan fingerprint density at radius 1 is 0.767 bits per heavy atom. The lowest BCUT2D eigenvalue weighted by molar-refractivity contribution is -0.165. The van der Waals surface area contributed by atoms with Gasteiger partial charge in [0.15, 0.2) is 11.5 Å². The molecule has 0 fully saturated rings. The Morgan fingerprint density at radius 3 is 1.83 bits per heavy atom. The summed E-state index contributed by atoms with van der Waals surface area (Å²) in [6.45, 7) is 0.571. The second-order valence-electron chi connectivity index (χ2n) is 6.45. The Balaban J connectivity index is 1.79. The third-order valence-corrected chi connectivity index (χ3v) is 4.15. The van der Waals surface area contributed by atoms with Crippen molar-refractivity contribution in [3.63, 3.8) is 0 Å². The van der Waals surface area contributed by atoms with Crippen molar-refractivity contribution in [3.8, 4) is 11.5 Å². The Kier molecular flexibility index (Phi) is 6.91. The fourth-order valence-corrected chi connectivity index (χ4v) is 2.60. The van der Waals surface area contributed by atoms with Crippen molar-refractivity contribution in [2.24, 2.45) is 0 Å². The molecule has 0 aliphatic rings. The molecule has 30 heavy (non-hydrogen) atoms. The lowest BCUT2D eigenvalue weighted by Gasteiger charge is -2.14. The maximum atomic E-state index is 12.4. The normalized spacial score (nSPS) is 11.4. The average Bonchev–Trinajstić information content (AvgIpc) is 2.76. The van der Waals surface area contributed by atoms with E-state index in [0.29, 0.717) is 29.7 Å². The van der Waals surface area contributed by atoms with Crippen LogP contribution in [-0.2, 0) is 18.0 Å². The molecule has 0 amide bonds. The number of hydrogen-bond acceptors (Lipinski definition) is 3. The van der Waals surface area contributed by atoms with E-state index in [4.69, 9.17) is 9.47 Å². The van der Waals surface area contributed by atoms with Crippen LogP contribution < -0.4 is 9.47 Å². The lowest BCUT2D eigenvalue weighted by Crippen LogP contribution is -2.19. The molecule has 3 aromatic carbocycles. The average molecular weight is 412 g/mol. The predicted octanol–water partition coefficient (Wildman–Crippen LogP) is 5.99. The van der Waals surface area contributed by atoms with Gasteiger partial charge in [-0.15, -0.1) is 0 Å². The van der Waals surface area contributed by atoms with Gasteiger partial charge in [0.25, 0.3) is 5.78 Å². The van der Waals surface area contributed by atoms with Gasteiger partial charge in [0.1, 0.15) is 13.2 Å². The van der Waals surface area contributed by atoms with Crippen molar-refractivity contribution in [2.45, 2.75) is 19.4 Å². The van der Waals surface area contributed by atoms with E-state index in [1.807, 2.05) is 60.7 Å². The molecule has 3 rings (SSSR count). The standard InChI is InChI=1S/C24H19F3O3/c25-24(26,27)23(28)14-12-18-11-13-21(29-16-19-7-3-1-4-8-19)22(15-18)30-17-20-9-5-2-6-10-20/h1-15H,16-17H2/b14-12+. The molecular weight excluding hydrogens is 393 g/mol. The highest BCUT2D eigenvalue weighted by atomic mass is 19.4. The van der Waals surface area contributed by atoms with Crippen molar-refractivity contribution in [1.29, 1.82) is 0 Å². The van der Waals surface area contributed by atoms with E-state index in [2.05, 4.69) is 0 Å². The molecule has 0 radical (unpaired) electrons. The summed E-state index contributed by atoms with van der Waals surface area (Å²) in [6.07, 6.45) is -3.30. The van der Waals surface area contributed by atoms with Gasteiger partial charge in [-0.2, -0.15) is 13.2 Å². The number of rotatable bonds is 8. The van der Waals surface area contributed by atoms with Crippen LogP contribution in [0.4, 0.5) is 13.2 Å². The summed E-state index contributed by atoms with van der Waals surface area (Å²) in [5.74, 6) is -1.09. The SMILES string of the molecule is O=C(/C=C/c1ccc(OCc2ccccc2)c(OCc2ccccc2)c1)C(F)(F)F. The number of alkyl halides is 3. The summed E-state index contributed by atoms with van der Waals surface area (Å²) < 4.78 is 49.0. The topological polar surface area (TPSA) is 35.5 Å². The smallest absolute Gasteiger partial charge is 0.454 e. The van der Waals surface area contributed by atoms with Crippen LogP contribution in [0.5, 0.6) is 11.5 Å². The zero-order valence-electron chi connectivity index (χ0n) is 15.9. The van der Waals surface area contributed by atoms with Gasteiger partial charge in [-0.25, -0.2) is 0 Å². The molecule has 3 aromatic rings. The summed E-state index contributed by atoms with van der Waals surface area (Å²) in [5.41, 5.74) is 2.29. The minimum atomic E-state index is -4.90. The highest BCUT2D eigenvalue weighted by Gasteiger charge is 2.35. The number of ketones is 1. The van der Waals surface area contributed by atoms with Gasteiger partial charge < -0.3 is 9.47 Å². The van der Waals surface area contributed by atoms with E-state index >= 15 is 0 Å². The second-order valence-corrected chi connectivity index (χ2v) is 6.45. The maximum Gasteiger partial charge on any atom is 0.454 e. The van der Waals surface area contributed by atoms with Gasteiger partial charge in [0.2, 0.25) is 0 Å². The Hall–Kier alpha value is -3.54. The molecule has 154 valence electrons. The molecule has 0 saturated carbocycles. The van der Waals surface area contributed by atoms with E-state index in [0.717, 1.165) is 17.2 Å². The van der Waals surface area contributed by atoms with Crippen LogP contribution in [0.2, 0.25) is 0 Å². The number of ether oxygens (including phenoxy) is 2. The fraction of sp³-hybridized carbons (Fsp3) is 0.125. The van der Waals surface area contributed by atoms with E-state index in [1.165, 1.54) is 0 Å².